The van der Waals surface area contributed by atoms with Gasteiger partial charge in [-0.3, -0.25) is 19.1 Å². The molecule has 0 radical (unpaired) electrons. The van der Waals surface area contributed by atoms with E-state index in [2.05, 4.69) is 34.2 Å². The lowest BCUT2D eigenvalue weighted by Crippen LogP contribution is -2.53. The largest absolute Gasteiger partial charge is 0.483 e. The van der Waals surface area contributed by atoms with Gasteiger partial charge in [-0.25, -0.2) is 9.78 Å². The van der Waals surface area contributed by atoms with Crippen molar-refractivity contribution in [2.45, 2.75) is 140 Å². The highest BCUT2D eigenvalue weighted by molar-refractivity contribution is 7.99. The van der Waals surface area contributed by atoms with Crippen LogP contribution in [-0.4, -0.2) is 74.8 Å². The van der Waals surface area contributed by atoms with E-state index in [4.69, 9.17) is 9.47 Å². The Labute approximate surface area is 319 Å². The first-order valence-corrected chi connectivity index (χ1v) is 19.5. The molecule has 5 rings (SSSR count). The number of ether oxygens (including phenoxy) is 2. The number of alkyl halides is 3. The second-order valence-electron chi connectivity index (χ2n) is 15.9. The molecule has 3 aliphatic rings. The number of aryl methyl sites for hydroxylation is 2. The molecule has 1 saturated carbocycles. The Morgan fingerprint density at radius 1 is 1.13 bits per heavy atom. The van der Waals surface area contributed by atoms with E-state index >= 15 is 0 Å². The van der Waals surface area contributed by atoms with Crippen LogP contribution in [0.25, 0.3) is 10.9 Å². The summed E-state index contributed by atoms with van der Waals surface area (Å²) in [4.78, 5) is 59.7. The Balaban J connectivity index is 1.41. The number of unbranched alkanes of at least 4 members (excludes halogenated alkanes) is 3. The van der Waals surface area contributed by atoms with Crippen LogP contribution in [0.1, 0.15) is 109 Å². The molecule has 3 N–H and O–H groups in total. The minimum atomic E-state index is -4.60. The second kappa shape index (κ2) is 16.4. The number of amides is 4. The first-order valence-electron chi connectivity index (χ1n) is 18.7. The normalized spacial score (nSPS) is 21.1. The third kappa shape index (κ3) is 10.2. The number of nitrogens with zero attached hydrogens (tertiary/aromatic N) is 2. The van der Waals surface area contributed by atoms with Crippen LogP contribution in [0.2, 0.25) is 0 Å². The zero-order valence-corrected chi connectivity index (χ0v) is 32.7. The molecule has 1 aromatic carbocycles. The van der Waals surface area contributed by atoms with Crippen LogP contribution in [0.3, 0.4) is 0 Å². The zero-order chi connectivity index (χ0) is 39.5. The van der Waals surface area contributed by atoms with Crippen molar-refractivity contribution in [1.29, 1.82) is 0 Å². The highest BCUT2D eigenvalue weighted by Crippen LogP contribution is 2.47. The summed E-state index contributed by atoms with van der Waals surface area (Å²) in [7, 11) is 0. The number of fused-ring (bicyclic) bond motifs is 3. The zero-order valence-electron chi connectivity index (χ0n) is 31.9. The molecule has 3 atom stereocenters. The molecule has 4 amide bonds. The van der Waals surface area contributed by atoms with Crippen LogP contribution < -0.4 is 20.1 Å². The standard InChI is InChI=1S/C39H52F3N5O6S/c1-7-8-9-10-11-12-16-28(33(49)46-54-37(6)19-20-37)45-34(50)29-21-38(23-47(29)30(48)22-43-35(51)53-36(3,4)5)18-17-26-25-14-13-15-27(39(40,41)42)31(25)44-24(2)32(26)52-38/h11-15,28-29H,7-10,16-23H2,1-6H3,(H,43,51)(H,45,50)(H,46,49)/b12-11-/t28?,29?,38-/m1/s1. The molecule has 54 heavy (non-hydrogen) atoms. The maximum atomic E-state index is 14.2. The van der Waals surface area contributed by atoms with Gasteiger partial charge in [0.15, 0.2) is 0 Å². The second-order valence-corrected chi connectivity index (χ2v) is 17.3. The molecule has 2 fully saturated rings. The van der Waals surface area contributed by atoms with Crippen molar-refractivity contribution in [3.05, 3.63) is 47.2 Å². The van der Waals surface area contributed by atoms with Crippen LogP contribution in [0, 0.1) is 6.92 Å². The predicted octanol–water partition coefficient (Wildman–Crippen LogP) is 7.08. The first kappa shape index (κ1) is 41.2. The van der Waals surface area contributed by atoms with Gasteiger partial charge in [0.25, 0.3) is 5.91 Å². The number of rotatable bonds is 13. The molecular formula is C39H52F3N5O6S. The van der Waals surface area contributed by atoms with Gasteiger partial charge in [0.2, 0.25) is 11.8 Å². The number of carbonyl (C=O) groups excluding carboxylic acids is 4. The lowest BCUT2D eigenvalue weighted by atomic mass is 9.86. The van der Waals surface area contributed by atoms with E-state index in [9.17, 15) is 32.3 Å². The fourth-order valence-electron chi connectivity index (χ4n) is 6.85. The number of carbonyl (C=O) groups is 4. The molecule has 1 saturated heterocycles. The SMILES string of the molecule is CCCCC/C=C\CC(NC(=O)C1C[C@]2(CCc3c(c(C)nc4c(C(F)(F)F)cccc34)O2)CN1C(=O)CNC(=O)OC(C)(C)C)C(=O)NSC1(C)CC1. The smallest absolute Gasteiger partial charge is 0.418 e. The summed E-state index contributed by atoms with van der Waals surface area (Å²) in [6.07, 6.45) is 5.37. The average Bonchev–Trinajstić information content (AvgIpc) is 3.72. The van der Waals surface area contributed by atoms with Gasteiger partial charge in [-0.05, 0) is 97.6 Å². The number of benzene rings is 1. The Hall–Kier alpha value is -4.01. The number of likely N-dealkylation sites (tertiary alicyclic amines) is 1. The van der Waals surface area contributed by atoms with Gasteiger partial charge in [-0.2, -0.15) is 13.2 Å². The minimum absolute atomic E-state index is 0.0381. The third-order valence-corrected chi connectivity index (χ3v) is 11.2. The number of nitrogens with one attached hydrogen (secondary N) is 3. The van der Waals surface area contributed by atoms with Gasteiger partial charge in [-0.1, -0.05) is 44.1 Å². The van der Waals surface area contributed by atoms with E-state index < -0.39 is 59.5 Å². The van der Waals surface area contributed by atoms with Crippen molar-refractivity contribution >= 4 is 46.7 Å². The van der Waals surface area contributed by atoms with Crippen molar-refractivity contribution in [2.75, 3.05) is 13.1 Å². The molecule has 296 valence electrons. The fraction of sp³-hybridized carbons (Fsp3) is 0.615. The highest BCUT2D eigenvalue weighted by atomic mass is 32.2. The first-order chi connectivity index (χ1) is 25.3. The number of allylic oxidation sites excluding steroid dienone is 1. The predicted molar refractivity (Wildman–Crippen MR) is 201 cm³/mol. The number of hydrogen-bond donors (Lipinski definition) is 3. The molecule has 0 bridgehead atoms. The third-order valence-electron chi connectivity index (χ3n) is 10.0. The number of aromatic nitrogens is 1. The van der Waals surface area contributed by atoms with Crippen molar-refractivity contribution in [3.63, 3.8) is 0 Å². The van der Waals surface area contributed by atoms with Crippen LogP contribution >= 0.6 is 11.9 Å². The number of pyridine rings is 1. The number of halogens is 3. The van der Waals surface area contributed by atoms with Gasteiger partial charge in [0.05, 0.1) is 23.3 Å². The highest BCUT2D eigenvalue weighted by Gasteiger charge is 2.53. The Bertz CT molecular complexity index is 1780. The maximum Gasteiger partial charge on any atom is 0.418 e. The minimum Gasteiger partial charge on any atom is -0.483 e. The summed E-state index contributed by atoms with van der Waals surface area (Å²) in [6.45, 7) is 10.3. The van der Waals surface area contributed by atoms with E-state index in [1.54, 1.807) is 33.8 Å². The molecule has 1 spiro atoms. The molecule has 15 heteroatoms. The van der Waals surface area contributed by atoms with Gasteiger partial charge < -0.3 is 25.0 Å². The fourth-order valence-corrected chi connectivity index (χ4v) is 7.64. The lowest BCUT2D eigenvalue weighted by Gasteiger charge is -2.36. The van der Waals surface area contributed by atoms with Crippen LogP contribution in [0.5, 0.6) is 5.75 Å². The average molecular weight is 776 g/mol. The van der Waals surface area contributed by atoms with E-state index in [0.29, 0.717) is 29.5 Å². The molecule has 2 aromatic rings. The maximum absolute atomic E-state index is 14.2. The number of hydrogen-bond acceptors (Lipinski definition) is 8. The molecular weight excluding hydrogens is 724 g/mol. The van der Waals surface area contributed by atoms with Gasteiger partial charge in [0, 0.05) is 22.1 Å². The van der Waals surface area contributed by atoms with E-state index in [1.165, 1.54) is 22.9 Å². The molecule has 11 nitrogen and oxygen atoms in total. The molecule has 2 aliphatic heterocycles. The van der Waals surface area contributed by atoms with Crippen molar-refractivity contribution in [1.82, 2.24) is 25.2 Å². The topological polar surface area (TPSA) is 139 Å². The van der Waals surface area contributed by atoms with E-state index in [-0.39, 0.29) is 41.3 Å². The summed E-state index contributed by atoms with van der Waals surface area (Å²) in [5.41, 5.74) is -2.05. The number of para-hydroxylation sites is 1. The number of alkyl carbamates (subject to hydrolysis) is 1. The molecule has 1 aromatic heterocycles. The van der Waals surface area contributed by atoms with E-state index in [0.717, 1.165) is 44.6 Å². The summed E-state index contributed by atoms with van der Waals surface area (Å²) in [5, 5.41) is 5.70. The summed E-state index contributed by atoms with van der Waals surface area (Å²) >= 11 is 1.34. The van der Waals surface area contributed by atoms with E-state index in [1.807, 2.05) is 12.2 Å². The van der Waals surface area contributed by atoms with Crippen molar-refractivity contribution < 1.29 is 41.8 Å². The Kier molecular flexibility index (Phi) is 12.5. The van der Waals surface area contributed by atoms with Crippen LogP contribution in [-0.2, 0) is 31.7 Å². The van der Waals surface area contributed by atoms with Crippen molar-refractivity contribution in [2.24, 2.45) is 0 Å². The monoisotopic (exact) mass is 775 g/mol. The molecule has 1 aliphatic carbocycles. The summed E-state index contributed by atoms with van der Waals surface area (Å²) in [5.74, 6) is -1.15. The van der Waals surface area contributed by atoms with Crippen LogP contribution in [0.15, 0.2) is 30.4 Å². The quantitative estimate of drug-likeness (QED) is 0.112. The summed E-state index contributed by atoms with van der Waals surface area (Å²) in [6, 6.07) is 1.93. The summed E-state index contributed by atoms with van der Waals surface area (Å²) < 4.78 is 56.5. The molecule has 3 heterocycles. The van der Waals surface area contributed by atoms with Gasteiger partial charge in [-0.15, -0.1) is 0 Å². The van der Waals surface area contributed by atoms with Crippen LogP contribution in [0.4, 0.5) is 18.0 Å². The molecule has 2 unspecified atom stereocenters. The van der Waals surface area contributed by atoms with Gasteiger partial charge in [0.1, 0.15) is 35.6 Å². The Morgan fingerprint density at radius 3 is 2.54 bits per heavy atom. The van der Waals surface area contributed by atoms with Crippen molar-refractivity contribution in [3.8, 4) is 5.75 Å². The van der Waals surface area contributed by atoms with Gasteiger partial charge >= 0.3 is 12.3 Å². The lowest BCUT2D eigenvalue weighted by molar-refractivity contribution is -0.138. The Morgan fingerprint density at radius 2 is 1.87 bits per heavy atom.